The van der Waals surface area contributed by atoms with E-state index >= 15 is 0 Å². The van der Waals surface area contributed by atoms with Gasteiger partial charge in [-0.05, 0) is 51.1 Å². The molecule has 1 aliphatic rings. The van der Waals surface area contributed by atoms with E-state index in [0.717, 1.165) is 40.3 Å². The zero-order valence-electron chi connectivity index (χ0n) is 15.1. The summed E-state index contributed by atoms with van der Waals surface area (Å²) in [6.45, 7) is 5.52. The van der Waals surface area contributed by atoms with Gasteiger partial charge in [0.05, 0.1) is 11.8 Å². The molecule has 2 aromatic heterocycles. The first-order chi connectivity index (χ1) is 12.8. The van der Waals surface area contributed by atoms with Gasteiger partial charge in [-0.25, -0.2) is 0 Å². The standard InChI is InChI=1S/C20H24N4OS/c1-16-18(10-14-25-16)19-21-22-20(24(19)17-8-4-2-5-9-17)26-15-13-23-11-6-3-7-12-23/h2,4-5,8-10,14H,3,6-7,11-13,15H2,1H3. The molecule has 3 aromatic rings. The number of rotatable bonds is 6. The summed E-state index contributed by atoms with van der Waals surface area (Å²) < 4.78 is 7.62. The first-order valence-corrected chi connectivity index (χ1v) is 10.2. The molecule has 136 valence electrons. The largest absolute Gasteiger partial charge is 0.469 e. The van der Waals surface area contributed by atoms with Crippen LogP contribution in [0.2, 0.25) is 0 Å². The first kappa shape index (κ1) is 17.4. The summed E-state index contributed by atoms with van der Waals surface area (Å²) in [5, 5.41) is 9.90. The van der Waals surface area contributed by atoms with E-state index in [9.17, 15) is 0 Å². The van der Waals surface area contributed by atoms with Crippen LogP contribution < -0.4 is 0 Å². The zero-order valence-corrected chi connectivity index (χ0v) is 15.9. The maximum atomic E-state index is 5.48. The fourth-order valence-corrected chi connectivity index (χ4v) is 4.37. The van der Waals surface area contributed by atoms with Crippen LogP contribution in [-0.4, -0.2) is 45.1 Å². The highest BCUT2D eigenvalue weighted by Crippen LogP contribution is 2.30. The minimum absolute atomic E-state index is 0.836. The van der Waals surface area contributed by atoms with E-state index in [1.807, 2.05) is 31.2 Å². The number of nitrogens with zero attached hydrogens (tertiary/aromatic N) is 4. The third kappa shape index (κ3) is 3.71. The highest BCUT2D eigenvalue weighted by Gasteiger charge is 2.19. The van der Waals surface area contributed by atoms with Gasteiger partial charge in [0, 0.05) is 18.0 Å². The molecule has 0 spiro atoms. The molecule has 6 heteroatoms. The number of benzene rings is 1. The van der Waals surface area contributed by atoms with Crippen molar-refractivity contribution in [1.82, 2.24) is 19.7 Å². The first-order valence-electron chi connectivity index (χ1n) is 9.23. The number of para-hydroxylation sites is 1. The number of aryl methyl sites for hydroxylation is 1. The summed E-state index contributed by atoms with van der Waals surface area (Å²) in [5.74, 6) is 2.72. The molecular formula is C20H24N4OS. The lowest BCUT2D eigenvalue weighted by Crippen LogP contribution is -2.31. The monoisotopic (exact) mass is 368 g/mol. The Morgan fingerprint density at radius 3 is 2.58 bits per heavy atom. The van der Waals surface area contributed by atoms with E-state index in [1.165, 1.54) is 32.4 Å². The van der Waals surface area contributed by atoms with Crippen LogP contribution in [-0.2, 0) is 0 Å². The number of piperidine rings is 1. The summed E-state index contributed by atoms with van der Waals surface area (Å²) >= 11 is 1.78. The molecule has 0 saturated carbocycles. The summed E-state index contributed by atoms with van der Waals surface area (Å²) in [6, 6.07) is 12.3. The van der Waals surface area contributed by atoms with E-state index in [-0.39, 0.29) is 0 Å². The molecule has 0 atom stereocenters. The van der Waals surface area contributed by atoms with Gasteiger partial charge in [0.2, 0.25) is 0 Å². The van der Waals surface area contributed by atoms with Crippen molar-refractivity contribution in [1.29, 1.82) is 0 Å². The fourth-order valence-electron chi connectivity index (χ4n) is 3.41. The quantitative estimate of drug-likeness (QED) is 0.603. The molecule has 1 fully saturated rings. The summed E-state index contributed by atoms with van der Waals surface area (Å²) in [4.78, 5) is 2.56. The second kappa shape index (κ2) is 8.10. The lowest BCUT2D eigenvalue weighted by atomic mass is 10.1. The molecular weight excluding hydrogens is 344 g/mol. The van der Waals surface area contributed by atoms with E-state index in [0.29, 0.717) is 0 Å². The van der Waals surface area contributed by atoms with Crippen LogP contribution in [0.25, 0.3) is 17.1 Å². The molecule has 5 nitrogen and oxygen atoms in total. The van der Waals surface area contributed by atoms with Gasteiger partial charge in [-0.1, -0.05) is 36.4 Å². The predicted octanol–water partition coefficient (Wildman–Crippen LogP) is 4.41. The minimum atomic E-state index is 0.836. The zero-order chi connectivity index (χ0) is 17.8. The molecule has 0 unspecified atom stereocenters. The Balaban J connectivity index is 1.58. The van der Waals surface area contributed by atoms with Crippen molar-refractivity contribution in [2.45, 2.75) is 31.3 Å². The predicted molar refractivity (Wildman–Crippen MR) is 105 cm³/mol. The highest BCUT2D eigenvalue weighted by molar-refractivity contribution is 7.99. The lowest BCUT2D eigenvalue weighted by molar-refractivity contribution is 0.242. The van der Waals surface area contributed by atoms with Crippen molar-refractivity contribution >= 4 is 11.8 Å². The van der Waals surface area contributed by atoms with Gasteiger partial charge >= 0.3 is 0 Å². The second-order valence-corrected chi connectivity index (χ2v) is 7.68. The van der Waals surface area contributed by atoms with Gasteiger partial charge in [0.25, 0.3) is 0 Å². The number of hydrogen-bond acceptors (Lipinski definition) is 5. The third-order valence-corrected chi connectivity index (χ3v) is 5.74. The second-order valence-electron chi connectivity index (χ2n) is 6.62. The lowest BCUT2D eigenvalue weighted by Gasteiger charge is -2.25. The number of likely N-dealkylation sites (tertiary alicyclic amines) is 1. The molecule has 1 saturated heterocycles. The van der Waals surface area contributed by atoms with E-state index in [1.54, 1.807) is 18.0 Å². The molecule has 4 rings (SSSR count). The van der Waals surface area contributed by atoms with Gasteiger partial charge in [0.15, 0.2) is 11.0 Å². The van der Waals surface area contributed by atoms with Crippen molar-refractivity contribution < 1.29 is 4.42 Å². The SMILES string of the molecule is Cc1occc1-c1nnc(SCCN2CCCCC2)n1-c1ccccc1. The summed E-state index contributed by atoms with van der Waals surface area (Å²) in [5.41, 5.74) is 2.07. The number of hydrogen-bond donors (Lipinski definition) is 0. The van der Waals surface area contributed by atoms with Gasteiger partial charge in [-0.15, -0.1) is 10.2 Å². The fraction of sp³-hybridized carbons (Fsp3) is 0.400. The van der Waals surface area contributed by atoms with Crippen LogP contribution in [0.5, 0.6) is 0 Å². The Kier molecular flexibility index (Phi) is 5.41. The summed E-state index contributed by atoms with van der Waals surface area (Å²) in [7, 11) is 0. The van der Waals surface area contributed by atoms with Crippen LogP contribution in [0.3, 0.4) is 0 Å². The summed E-state index contributed by atoms with van der Waals surface area (Å²) in [6.07, 6.45) is 5.74. The third-order valence-electron chi connectivity index (χ3n) is 4.83. The average Bonchev–Trinajstić information content (AvgIpc) is 3.29. The van der Waals surface area contributed by atoms with Crippen molar-refractivity contribution in [3.05, 3.63) is 48.4 Å². The Morgan fingerprint density at radius 2 is 1.85 bits per heavy atom. The van der Waals surface area contributed by atoms with Crippen LogP contribution in [0, 0.1) is 6.92 Å². The molecule has 0 N–H and O–H groups in total. The van der Waals surface area contributed by atoms with Crippen LogP contribution in [0.4, 0.5) is 0 Å². The Bertz CT molecular complexity index is 837. The maximum absolute atomic E-state index is 5.48. The van der Waals surface area contributed by atoms with E-state index in [4.69, 9.17) is 4.42 Å². The molecule has 26 heavy (non-hydrogen) atoms. The minimum Gasteiger partial charge on any atom is -0.469 e. The molecule has 3 heterocycles. The Hall–Kier alpha value is -2.05. The van der Waals surface area contributed by atoms with Crippen molar-refractivity contribution in [3.8, 4) is 17.1 Å². The van der Waals surface area contributed by atoms with Crippen LogP contribution >= 0.6 is 11.8 Å². The molecule has 0 radical (unpaired) electrons. The average molecular weight is 369 g/mol. The van der Waals surface area contributed by atoms with Crippen molar-refractivity contribution in [2.75, 3.05) is 25.4 Å². The van der Waals surface area contributed by atoms with Crippen LogP contribution in [0.15, 0.2) is 52.2 Å². The van der Waals surface area contributed by atoms with Gasteiger partial charge in [-0.3, -0.25) is 4.57 Å². The van der Waals surface area contributed by atoms with E-state index < -0.39 is 0 Å². The van der Waals surface area contributed by atoms with Gasteiger partial charge in [0.1, 0.15) is 5.76 Å². The van der Waals surface area contributed by atoms with Crippen molar-refractivity contribution in [3.63, 3.8) is 0 Å². The smallest absolute Gasteiger partial charge is 0.196 e. The number of furan rings is 1. The topological polar surface area (TPSA) is 47.1 Å². The molecule has 0 aliphatic carbocycles. The number of thioether (sulfide) groups is 1. The maximum Gasteiger partial charge on any atom is 0.196 e. The van der Waals surface area contributed by atoms with Crippen LogP contribution in [0.1, 0.15) is 25.0 Å². The normalized spacial score (nSPS) is 15.4. The molecule has 1 aromatic carbocycles. The Labute approximate surface area is 158 Å². The van der Waals surface area contributed by atoms with Crippen molar-refractivity contribution in [2.24, 2.45) is 0 Å². The highest BCUT2D eigenvalue weighted by atomic mass is 32.2. The molecule has 0 amide bonds. The van der Waals surface area contributed by atoms with Gasteiger partial charge < -0.3 is 9.32 Å². The van der Waals surface area contributed by atoms with Gasteiger partial charge in [-0.2, -0.15) is 0 Å². The number of aromatic nitrogens is 3. The molecule has 1 aliphatic heterocycles. The molecule has 0 bridgehead atoms. The van der Waals surface area contributed by atoms with E-state index in [2.05, 4.69) is 31.8 Å². The Morgan fingerprint density at radius 1 is 1.04 bits per heavy atom.